The van der Waals surface area contributed by atoms with Gasteiger partial charge in [-0.1, -0.05) is 6.42 Å². The number of furan rings is 1. The highest BCUT2D eigenvalue weighted by atomic mass is 32.2. The summed E-state index contributed by atoms with van der Waals surface area (Å²) in [5, 5.41) is 8.20. The number of nitrogens with zero attached hydrogens (tertiary/aromatic N) is 1. The van der Waals surface area contributed by atoms with E-state index in [0.717, 1.165) is 28.8 Å². The van der Waals surface area contributed by atoms with Gasteiger partial charge in [-0.15, -0.1) is 0 Å². The number of unbranched alkanes of at least 4 members (excludes halogenated alkanes) is 2. The lowest BCUT2D eigenvalue weighted by atomic mass is 10.1. The predicted octanol–water partition coefficient (Wildman–Crippen LogP) is 4.91. The van der Waals surface area contributed by atoms with Gasteiger partial charge in [-0.2, -0.15) is 0 Å². The first-order valence-electron chi connectivity index (χ1n) is 8.87. The minimum atomic E-state index is -0.877. The number of thioether (sulfide) groups is 1. The van der Waals surface area contributed by atoms with E-state index in [2.05, 4.69) is 0 Å². The molecular formula is C20H17F2NO5S. The lowest BCUT2D eigenvalue weighted by molar-refractivity contribution is -0.137. The molecule has 1 fully saturated rings. The number of carboxylic acid groups (broad SMARTS) is 1. The maximum atomic E-state index is 13.9. The standard InChI is InChI=1S/C20H17F2NO5S/c21-12-5-7-14(15(22)10-12)16-8-6-13(28-16)11-17-19(26)23(20(27)29-17)9-3-1-2-4-18(24)25/h5-8,10-11H,1-4,9H2,(H,24,25). The molecule has 2 amide bonds. The van der Waals surface area contributed by atoms with E-state index in [9.17, 15) is 23.2 Å². The molecule has 152 valence electrons. The minimum Gasteiger partial charge on any atom is -0.481 e. The molecule has 0 spiro atoms. The van der Waals surface area contributed by atoms with E-state index in [1.807, 2.05) is 0 Å². The number of hydrogen-bond acceptors (Lipinski definition) is 5. The van der Waals surface area contributed by atoms with Crippen LogP contribution in [0.1, 0.15) is 31.4 Å². The Morgan fingerprint density at radius 1 is 1.14 bits per heavy atom. The largest absolute Gasteiger partial charge is 0.481 e. The normalized spacial score (nSPS) is 15.5. The third-order valence-corrected chi connectivity index (χ3v) is 5.15. The van der Waals surface area contributed by atoms with Crippen molar-refractivity contribution in [3.8, 4) is 11.3 Å². The number of rotatable bonds is 8. The van der Waals surface area contributed by atoms with Gasteiger partial charge in [-0.25, -0.2) is 8.78 Å². The quantitative estimate of drug-likeness (QED) is 0.482. The molecule has 29 heavy (non-hydrogen) atoms. The van der Waals surface area contributed by atoms with Gasteiger partial charge in [0.25, 0.3) is 11.1 Å². The van der Waals surface area contributed by atoms with Crippen molar-refractivity contribution in [2.45, 2.75) is 25.7 Å². The minimum absolute atomic E-state index is 0.0528. The van der Waals surface area contributed by atoms with Crippen LogP contribution in [-0.2, 0) is 9.59 Å². The Morgan fingerprint density at radius 3 is 2.66 bits per heavy atom. The first kappa shape index (κ1) is 20.8. The van der Waals surface area contributed by atoms with Crippen LogP contribution < -0.4 is 0 Å². The molecule has 6 nitrogen and oxygen atoms in total. The number of hydrogen-bond donors (Lipinski definition) is 1. The number of carbonyl (C=O) groups is 3. The third kappa shape index (κ3) is 5.11. The second-order valence-electron chi connectivity index (χ2n) is 6.36. The number of halogens is 2. The number of carboxylic acids is 1. The van der Waals surface area contributed by atoms with E-state index in [4.69, 9.17) is 9.52 Å². The Balaban J connectivity index is 1.65. The molecule has 0 radical (unpaired) electrons. The number of imide groups is 1. The summed E-state index contributed by atoms with van der Waals surface area (Å²) in [5.74, 6) is -2.37. The Hall–Kier alpha value is -2.94. The molecule has 1 saturated heterocycles. The molecule has 1 N–H and O–H groups in total. The molecule has 1 aromatic carbocycles. The van der Waals surface area contributed by atoms with Crippen LogP contribution >= 0.6 is 11.8 Å². The highest BCUT2D eigenvalue weighted by Crippen LogP contribution is 2.34. The molecule has 0 aliphatic carbocycles. The fourth-order valence-corrected chi connectivity index (χ4v) is 3.65. The molecular weight excluding hydrogens is 404 g/mol. The molecule has 9 heteroatoms. The lowest BCUT2D eigenvalue weighted by Crippen LogP contribution is -2.29. The lowest BCUT2D eigenvalue weighted by Gasteiger charge is -2.11. The fourth-order valence-electron chi connectivity index (χ4n) is 2.81. The smallest absolute Gasteiger partial charge is 0.303 e. The van der Waals surface area contributed by atoms with Crippen molar-refractivity contribution in [3.05, 3.63) is 52.6 Å². The summed E-state index contributed by atoms with van der Waals surface area (Å²) in [4.78, 5) is 36.3. The Kier molecular flexibility index (Phi) is 6.48. The number of aliphatic carboxylic acids is 1. The highest BCUT2D eigenvalue weighted by molar-refractivity contribution is 8.18. The van der Waals surface area contributed by atoms with Gasteiger partial charge in [0.1, 0.15) is 23.2 Å². The average molecular weight is 421 g/mol. The zero-order valence-corrected chi connectivity index (χ0v) is 16.0. The summed E-state index contributed by atoms with van der Waals surface area (Å²) in [6.45, 7) is 0.214. The van der Waals surface area contributed by atoms with Crippen LogP contribution in [0.4, 0.5) is 13.6 Å². The molecule has 0 bridgehead atoms. The number of carbonyl (C=O) groups excluding carboxylic acids is 2. The van der Waals surface area contributed by atoms with Crippen molar-refractivity contribution in [3.63, 3.8) is 0 Å². The van der Waals surface area contributed by atoms with Crippen LogP contribution in [0.25, 0.3) is 17.4 Å². The maximum absolute atomic E-state index is 13.9. The van der Waals surface area contributed by atoms with Crippen molar-refractivity contribution in [1.29, 1.82) is 0 Å². The van der Waals surface area contributed by atoms with Crippen LogP contribution in [0, 0.1) is 11.6 Å². The summed E-state index contributed by atoms with van der Waals surface area (Å²) in [6.07, 6.45) is 3.05. The van der Waals surface area contributed by atoms with Crippen molar-refractivity contribution >= 4 is 35.0 Å². The van der Waals surface area contributed by atoms with Crippen LogP contribution in [0.3, 0.4) is 0 Å². The van der Waals surface area contributed by atoms with Crippen molar-refractivity contribution in [2.24, 2.45) is 0 Å². The molecule has 2 heterocycles. The van der Waals surface area contributed by atoms with Crippen molar-refractivity contribution in [1.82, 2.24) is 4.90 Å². The highest BCUT2D eigenvalue weighted by Gasteiger charge is 2.34. The zero-order chi connectivity index (χ0) is 21.0. The summed E-state index contributed by atoms with van der Waals surface area (Å²) < 4.78 is 32.4. The molecule has 1 aliphatic heterocycles. The van der Waals surface area contributed by atoms with E-state index < -0.39 is 28.8 Å². The molecule has 0 saturated carbocycles. The Bertz CT molecular complexity index is 985. The number of amides is 2. The summed E-state index contributed by atoms with van der Waals surface area (Å²) in [7, 11) is 0. The molecule has 0 unspecified atom stereocenters. The van der Waals surface area contributed by atoms with E-state index >= 15 is 0 Å². The topological polar surface area (TPSA) is 87.8 Å². The van der Waals surface area contributed by atoms with Crippen LogP contribution in [0.2, 0.25) is 0 Å². The van der Waals surface area contributed by atoms with Gasteiger partial charge in [0, 0.05) is 25.1 Å². The number of benzene rings is 1. The second-order valence-corrected chi connectivity index (χ2v) is 7.36. The van der Waals surface area contributed by atoms with E-state index in [-0.39, 0.29) is 35.0 Å². The average Bonchev–Trinajstić information content (AvgIpc) is 3.21. The van der Waals surface area contributed by atoms with E-state index in [1.165, 1.54) is 24.3 Å². The summed E-state index contributed by atoms with van der Waals surface area (Å²) in [6, 6.07) is 6.14. The summed E-state index contributed by atoms with van der Waals surface area (Å²) >= 11 is 0.776. The van der Waals surface area contributed by atoms with Crippen LogP contribution in [0.15, 0.2) is 39.7 Å². The molecule has 3 rings (SSSR count). The monoisotopic (exact) mass is 421 g/mol. The van der Waals surface area contributed by atoms with Crippen LogP contribution in [-0.4, -0.2) is 33.7 Å². The van der Waals surface area contributed by atoms with Gasteiger partial charge < -0.3 is 9.52 Å². The molecule has 0 atom stereocenters. The third-order valence-electron chi connectivity index (χ3n) is 4.24. The molecule has 2 aromatic rings. The Labute approximate surface area is 169 Å². The van der Waals surface area contributed by atoms with Gasteiger partial charge in [0.05, 0.1) is 10.5 Å². The van der Waals surface area contributed by atoms with Gasteiger partial charge in [-0.3, -0.25) is 19.3 Å². The van der Waals surface area contributed by atoms with E-state index in [1.54, 1.807) is 0 Å². The predicted molar refractivity (Wildman–Crippen MR) is 103 cm³/mol. The first-order chi connectivity index (χ1) is 13.8. The first-order valence-corrected chi connectivity index (χ1v) is 9.69. The van der Waals surface area contributed by atoms with Gasteiger partial charge in [0.2, 0.25) is 0 Å². The fraction of sp³-hybridized carbons (Fsp3) is 0.250. The van der Waals surface area contributed by atoms with Crippen molar-refractivity contribution in [2.75, 3.05) is 6.54 Å². The van der Waals surface area contributed by atoms with Gasteiger partial charge in [0.15, 0.2) is 0 Å². The van der Waals surface area contributed by atoms with Crippen LogP contribution in [0.5, 0.6) is 0 Å². The van der Waals surface area contributed by atoms with E-state index in [0.29, 0.717) is 19.3 Å². The Morgan fingerprint density at radius 2 is 1.93 bits per heavy atom. The molecule has 1 aromatic heterocycles. The van der Waals surface area contributed by atoms with Crippen molar-refractivity contribution < 1.29 is 32.7 Å². The molecule has 1 aliphatic rings. The maximum Gasteiger partial charge on any atom is 0.303 e. The zero-order valence-electron chi connectivity index (χ0n) is 15.2. The second kappa shape index (κ2) is 9.04. The van der Waals surface area contributed by atoms with Gasteiger partial charge >= 0.3 is 5.97 Å². The SMILES string of the molecule is O=C(O)CCCCCN1C(=O)SC(=Cc2ccc(-c3ccc(F)cc3F)o2)C1=O. The summed E-state index contributed by atoms with van der Waals surface area (Å²) in [5.41, 5.74) is 0.0838. The van der Waals surface area contributed by atoms with Gasteiger partial charge in [-0.05, 0) is 48.9 Å².